The average molecular weight is 211 g/mol. The lowest BCUT2D eigenvalue weighted by molar-refractivity contribution is 0.234. The molecule has 1 aliphatic carbocycles. The Balaban J connectivity index is 1.90. The summed E-state index contributed by atoms with van der Waals surface area (Å²) >= 11 is 0. The van der Waals surface area contributed by atoms with Crippen LogP contribution in [0.5, 0.6) is 6.01 Å². The molecule has 5 heteroatoms. The van der Waals surface area contributed by atoms with E-state index in [0.29, 0.717) is 12.5 Å². The molecule has 1 aliphatic rings. The van der Waals surface area contributed by atoms with Gasteiger partial charge in [-0.1, -0.05) is 12.8 Å². The van der Waals surface area contributed by atoms with E-state index in [0.717, 1.165) is 6.20 Å². The standard InChI is InChI=1S/C10H14FN3O/c11-8-5-13-10(14-9(8)12)15-6-7-3-1-2-4-7/h5,7H,1-4,6H2,(H2,12,13,14). The van der Waals surface area contributed by atoms with Crippen molar-refractivity contribution < 1.29 is 9.13 Å². The highest BCUT2D eigenvalue weighted by Crippen LogP contribution is 2.25. The quantitative estimate of drug-likeness (QED) is 0.827. The van der Waals surface area contributed by atoms with E-state index in [1.54, 1.807) is 0 Å². The summed E-state index contributed by atoms with van der Waals surface area (Å²) in [6.07, 6.45) is 5.94. The van der Waals surface area contributed by atoms with Crippen molar-refractivity contribution in [3.05, 3.63) is 12.0 Å². The number of rotatable bonds is 3. The Labute approximate surface area is 87.7 Å². The highest BCUT2D eigenvalue weighted by Gasteiger charge is 2.16. The Morgan fingerprint density at radius 1 is 1.47 bits per heavy atom. The van der Waals surface area contributed by atoms with Crippen LogP contribution in [0.15, 0.2) is 6.20 Å². The number of nitrogens with zero attached hydrogens (tertiary/aromatic N) is 2. The smallest absolute Gasteiger partial charge is 0.318 e. The molecule has 82 valence electrons. The molecule has 2 rings (SSSR count). The average Bonchev–Trinajstić information content (AvgIpc) is 2.73. The Bertz CT molecular complexity index is 339. The number of hydrogen-bond acceptors (Lipinski definition) is 4. The van der Waals surface area contributed by atoms with Crippen LogP contribution in [0.3, 0.4) is 0 Å². The highest BCUT2D eigenvalue weighted by atomic mass is 19.1. The van der Waals surface area contributed by atoms with Gasteiger partial charge in [0.05, 0.1) is 12.8 Å². The summed E-state index contributed by atoms with van der Waals surface area (Å²) in [7, 11) is 0. The second kappa shape index (κ2) is 4.42. The zero-order valence-corrected chi connectivity index (χ0v) is 8.45. The largest absolute Gasteiger partial charge is 0.463 e. The van der Waals surface area contributed by atoms with Gasteiger partial charge in [-0.2, -0.15) is 4.98 Å². The van der Waals surface area contributed by atoms with Crippen LogP contribution in [0.4, 0.5) is 10.2 Å². The monoisotopic (exact) mass is 211 g/mol. The van der Waals surface area contributed by atoms with Crippen LogP contribution in [-0.4, -0.2) is 16.6 Å². The van der Waals surface area contributed by atoms with Crippen LogP contribution in [-0.2, 0) is 0 Å². The Hall–Kier alpha value is -1.39. The van der Waals surface area contributed by atoms with Crippen molar-refractivity contribution in [3.8, 4) is 6.01 Å². The molecular weight excluding hydrogens is 197 g/mol. The summed E-state index contributed by atoms with van der Waals surface area (Å²) in [5, 5.41) is 0. The van der Waals surface area contributed by atoms with Crippen molar-refractivity contribution in [3.63, 3.8) is 0 Å². The van der Waals surface area contributed by atoms with Gasteiger partial charge in [-0.25, -0.2) is 9.37 Å². The molecule has 0 atom stereocenters. The number of nitrogen functional groups attached to an aromatic ring is 1. The fourth-order valence-corrected chi connectivity index (χ4v) is 1.80. The molecule has 1 fully saturated rings. The molecule has 0 unspecified atom stereocenters. The molecule has 0 saturated heterocycles. The maximum Gasteiger partial charge on any atom is 0.318 e. The minimum absolute atomic E-state index is 0.161. The van der Waals surface area contributed by atoms with Crippen LogP contribution in [0, 0.1) is 11.7 Å². The van der Waals surface area contributed by atoms with Gasteiger partial charge in [-0.3, -0.25) is 0 Å². The fourth-order valence-electron chi connectivity index (χ4n) is 1.80. The normalized spacial score (nSPS) is 16.9. The number of anilines is 1. The summed E-state index contributed by atoms with van der Waals surface area (Å²) in [5.74, 6) is -0.186. The van der Waals surface area contributed by atoms with Crippen LogP contribution in [0.1, 0.15) is 25.7 Å². The summed E-state index contributed by atoms with van der Waals surface area (Å²) < 4.78 is 18.1. The third-order valence-electron chi connectivity index (χ3n) is 2.67. The number of halogens is 1. The molecule has 1 aromatic rings. The Morgan fingerprint density at radius 2 is 2.20 bits per heavy atom. The van der Waals surface area contributed by atoms with Crippen LogP contribution >= 0.6 is 0 Å². The van der Waals surface area contributed by atoms with E-state index in [9.17, 15) is 4.39 Å². The molecule has 1 aromatic heterocycles. The maximum absolute atomic E-state index is 12.7. The minimum atomic E-state index is -0.608. The molecule has 1 heterocycles. The van der Waals surface area contributed by atoms with Gasteiger partial charge in [-0.05, 0) is 18.8 Å². The van der Waals surface area contributed by atoms with E-state index >= 15 is 0 Å². The van der Waals surface area contributed by atoms with Gasteiger partial charge in [0.15, 0.2) is 11.6 Å². The van der Waals surface area contributed by atoms with Gasteiger partial charge in [0.2, 0.25) is 0 Å². The van der Waals surface area contributed by atoms with E-state index in [1.165, 1.54) is 25.7 Å². The molecule has 2 N–H and O–H groups in total. The predicted molar refractivity (Wildman–Crippen MR) is 53.9 cm³/mol. The van der Waals surface area contributed by atoms with Crippen LogP contribution in [0.25, 0.3) is 0 Å². The number of ether oxygens (including phenoxy) is 1. The number of nitrogens with two attached hydrogens (primary N) is 1. The fraction of sp³-hybridized carbons (Fsp3) is 0.600. The molecular formula is C10H14FN3O. The molecule has 1 saturated carbocycles. The first-order valence-electron chi connectivity index (χ1n) is 5.16. The lowest BCUT2D eigenvalue weighted by Crippen LogP contribution is -2.10. The summed E-state index contributed by atoms with van der Waals surface area (Å²) in [6.45, 7) is 0.602. The van der Waals surface area contributed by atoms with E-state index in [-0.39, 0.29) is 11.8 Å². The Kier molecular flexibility index (Phi) is 2.99. The minimum Gasteiger partial charge on any atom is -0.463 e. The van der Waals surface area contributed by atoms with E-state index < -0.39 is 5.82 Å². The first kappa shape index (κ1) is 10.1. The van der Waals surface area contributed by atoms with Crippen molar-refractivity contribution in [2.45, 2.75) is 25.7 Å². The molecule has 0 aliphatic heterocycles. The van der Waals surface area contributed by atoms with Crippen LogP contribution in [0.2, 0.25) is 0 Å². The third kappa shape index (κ3) is 2.55. The van der Waals surface area contributed by atoms with Gasteiger partial charge in [0.1, 0.15) is 0 Å². The molecule has 0 radical (unpaired) electrons. The topological polar surface area (TPSA) is 61.0 Å². The van der Waals surface area contributed by atoms with Gasteiger partial charge in [0, 0.05) is 0 Å². The summed E-state index contributed by atoms with van der Waals surface area (Å²) in [6, 6.07) is 0.167. The van der Waals surface area contributed by atoms with Crippen molar-refractivity contribution in [1.82, 2.24) is 9.97 Å². The summed E-state index contributed by atoms with van der Waals surface area (Å²) in [4.78, 5) is 7.41. The zero-order chi connectivity index (χ0) is 10.7. The van der Waals surface area contributed by atoms with Crippen molar-refractivity contribution >= 4 is 5.82 Å². The molecule has 4 nitrogen and oxygen atoms in total. The maximum atomic E-state index is 12.7. The van der Waals surface area contributed by atoms with E-state index in [1.807, 2.05) is 0 Å². The van der Waals surface area contributed by atoms with E-state index in [4.69, 9.17) is 10.5 Å². The second-order valence-electron chi connectivity index (χ2n) is 3.85. The predicted octanol–water partition coefficient (Wildman–Crippen LogP) is 1.77. The SMILES string of the molecule is Nc1nc(OCC2CCCC2)ncc1F. The van der Waals surface area contributed by atoms with Crippen LogP contribution < -0.4 is 10.5 Å². The lowest BCUT2D eigenvalue weighted by atomic mass is 10.1. The molecule has 0 bridgehead atoms. The van der Waals surface area contributed by atoms with Gasteiger partial charge >= 0.3 is 6.01 Å². The van der Waals surface area contributed by atoms with Gasteiger partial charge in [-0.15, -0.1) is 0 Å². The first-order valence-corrected chi connectivity index (χ1v) is 5.16. The first-order chi connectivity index (χ1) is 7.25. The molecule has 0 spiro atoms. The van der Waals surface area contributed by atoms with Gasteiger partial charge in [0.25, 0.3) is 0 Å². The van der Waals surface area contributed by atoms with Gasteiger partial charge < -0.3 is 10.5 Å². The lowest BCUT2D eigenvalue weighted by Gasteiger charge is -2.09. The number of hydrogen-bond donors (Lipinski definition) is 1. The Morgan fingerprint density at radius 3 is 2.87 bits per heavy atom. The summed E-state index contributed by atoms with van der Waals surface area (Å²) in [5.41, 5.74) is 5.30. The second-order valence-corrected chi connectivity index (χ2v) is 3.85. The van der Waals surface area contributed by atoms with Crippen molar-refractivity contribution in [1.29, 1.82) is 0 Å². The number of aromatic nitrogens is 2. The van der Waals surface area contributed by atoms with Crippen molar-refractivity contribution in [2.75, 3.05) is 12.3 Å². The van der Waals surface area contributed by atoms with E-state index in [2.05, 4.69) is 9.97 Å². The third-order valence-corrected chi connectivity index (χ3v) is 2.67. The van der Waals surface area contributed by atoms with Crippen molar-refractivity contribution in [2.24, 2.45) is 5.92 Å². The zero-order valence-electron chi connectivity index (χ0n) is 8.45. The molecule has 15 heavy (non-hydrogen) atoms. The molecule has 0 aromatic carbocycles. The molecule has 0 amide bonds. The highest BCUT2D eigenvalue weighted by molar-refractivity contribution is 5.28.